The lowest BCUT2D eigenvalue weighted by Gasteiger charge is -2.22. The molecule has 0 saturated carbocycles. The van der Waals surface area contributed by atoms with E-state index in [-0.39, 0.29) is 5.91 Å². The van der Waals surface area contributed by atoms with Crippen LogP contribution in [0.25, 0.3) is 0 Å². The van der Waals surface area contributed by atoms with Crippen LogP contribution in [0.1, 0.15) is 23.9 Å². The number of hydrogen-bond acceptors (Lipinski definition) is 2. The monoisotopic (exact) mass is 179 g/mol. The van der Waals surface area contributed by atoms with Crippen molar-refractivity contribution in [1.82, 2.24) is 15.1 Å². The van der Waals surface area contributed by atoms with Gasteiger partial charge in [0.05, 0.1) is 24.4 Å². The van der Waals surface area contributed by atoms with Crippen LogP contribution in [0.5, 0.6) is 0 Å². The zero-order valence-corrected chi connectivity index (χ0v) is 7.92. The minimum atomic E-state index is 0.184. The average molecular weight is 179 g/mol. The van der Waals surface area contributed by atoms with Gasteiger partial charge in [-0.1, -0.05) is 6.92 Å². The molecule has 4 heteroatoms. The molecule has 0 spiro atoms. The van der Waals surface area contributed by atoms with E-state index in [2.05, 4.69) is 17.1 Å². The van der Waals surface area contributed by atoms with E-state index in [9.17, 15) is 4.79 Å². The van der Waals surface area contributed by atoms with E-state index in [4.69, 9.17) is 0 Å². The molecule has 4 nitrogen and oxygen atoms in total. The fourth-order valence-corrected chi connectivity index (χ4v) is 1.69. The Morgan fingerprint density at radius 2 is 2.38 bits per heavy atom. The van der Waals surface area contributed by atoms with E-state index < -0.39 is 0 Å². The highest BCUT2D eigenvalue weighted by Crippen LogP contribution is 2.19. The summed E-state index contributed by atoms with van der Waals surface area (Å²) in [6.07, 6.45) is 1.40. The van der Waals surface area contributed by atoms with Crippen molar-refractivity contribution in [2.75, 3.05) is 7.05 Å². The number of fused-ring (bicyclic) bond motifs is 1. The third kappa shape index (κ3) is 1.22. The van der Waals surface area contributed by atoms with Gasteiger partial charge < -0.3 is 4.90 Å². The molecule has 1 amide bonds. The summed E-state index contributed by atoms with van der Waals surface area (Å²) in [4.78, 5) is 13.1. The minimum absolute atomic E-state index is 0.184. The lowest BCUT2D eigenvalue weighted by Crippen LogP contribution is -2.32. The number of rotatable bonds is 1. The predicted octanol–water partition coefficient (Wildman–Crippen LogP) is 0.487. The molecule has 1 N–H and O–H groups in total. The molecule has 0 aromatic carbocycles. The second kappa shape index (κ2) is 2.87. The van der Waals surface area contributed by atoms with Crippen molar-refractivity contribution in [3.8, 4) is 0 Å². The van der Waals surface area contributed by atoms with Crippen molar-refractivity contribution in [2.24, 2.45) is 0 Å². The van der Waals surface area contributed by atoms with E-state index >= 15 is 0 Å². The molecule has 1 aromatic rings. The molecule has 1 aliphatic heterocycles. The van der Waals surface area contributed by atoms with Crippen LogP contribution in [0.15, 0.2) is 0 Å². The van der Waals surface area contributed by atoms with Gasteiger partial charge in [0.1, 0.15) is 0 Å². The molecule has 0 unspecified atom stereocenters. The molecule has 1 aromatic heterocycles. The topological polar surface area (TPSA) is 49.0 Å². The zero-order valence-electron chi connectivity index (χ0n) is 7.92. The molecule has 1 aliphatic rings. The third-order valence-corrected chi connectivity index (χ3v) is 2.52. The predicted molar refractivity (Wildman–Crippen MR) is 48.1 cm³/mol. The number of carbonyl (C=O) groups excluding carboxylic acids is 1. The van der Waals surface area contributed by atoms with Crippen molar-refractivity contribution in [3.05, 3.63) is 17.0 Å². The van der Waals surface area contributed by atoms with Crippen molar-refractivity contribution in [1.29, 1.82) is 0 Å². The van der Waals surface area contributed by atoms with E-state index in [0.717, 1.165) is 23.4 Å². The average Bonchev–Trinajstić information content (AvgIpc) is 2.48. The summed E-state index contributed by atoms with van der Waals surface area (Å²) in [5.74, 6) is 0.184. The molecule has 0 bridgehead atoms. The summed E-state index contributed by atoms with van der Waals surface area (Å²) in [5, 5.41) is 7.17. The number of H-pyrrole nitrogens is 1. The summed E-state index contributed by atoms with van der Waals surface area (Å²) in [5.41, 5.74) is 3.25. The first-order valence-electron chi connectivity index (χ1n) is 4.51. The summed E-state index contributed by atoms with van der Waals surface area (Å²) >= 11 is 0. The van der Waals surface area contributed by atoms with Gasteiger partial charge in [-0.15, -0.1) is 0 Å². The number of amides is 1. The van der Waals surface area contributed by atoms with Crippen molar-refractivity contribution < 1.29 is 4.79 Å². The standard InChI is InChI=1S/C9H13N3O/c1-3-7-6-4-9(13)12(2)5-8(6)11-10-7/h3-5H2,1-2H3,(H,10,11). The number of nitrogens with zero attached hydrogens (tertiary/aromatic N) is 2. The van der Waals surface area contributed by atoms with E-state index in [0.29, 0.717) is 13.0 Å². The Labute approximate surface area is 76.9 Å². The fraction of sp³-hybridized carbons (Fsp3) is 0.556. The van der Waals surface area contributed by atoms with Gasteiger partial charge in [-0.05, 0) is 6.42 Å². The largest absolute Gasteiger partial charge is 0.340 e. The SMILES string of the molecule is CCc1n[nH]c2c1CC(=O)N(C)C2. The van der Waals surface area contributed by atoms with Crippen LogP contribution >= 0.6 is 0 Å². The van der Waals surface area contributed by atoms with Crippen molar-refractivity contribution >= 4 is 5.91 Å². The molecule has 0 radical (unpaired) electrons. The minimum Gasteiger partial charge on any atom is -0.340 e. The van der Waals surface area contributed by atoms with Crippen LogP contribution < -0.4 is 0 Å². The number of aromatic nitrogens is 2. The quantitative estimate of drug-likeness (QED) is 0.682. The first-order valence-corrected chi connectivity index (χ1v) is 4.51. The Morgan fingerprint density at radius 1 is 1.62 bits per heavy atom. The van der Waals surface area contributed by atoms with Crippen LogP contribution in [0.2, 0.25) is 0 Å². The molecule has 2 heterocycles. The normalized spacial score (nSPS) is 16.2. The number of hydrogen-bond donors (Lipinski definition) is 1. The lowest BCUT2D eigenvalue weighted by atomic mass is 10.0. The highest BCUT2D eigenvalue weighted by molar-refractivity contribution is 5.80. The molecule has 0 aliphatic carbocycles. The Hall–Kier alpha value is -1.32. The number of likely N-dealkylation sites (N-methyl/N-ethyl adjacent to an activating group) is 1. The Balaban J connectivity index is 2.39. The molecule has 2 rings (SSSR count). The zero-order chi connectivity index (χ0) is 9.42. The number of carbonyl (C=O) groups is 1. The van der Waals surface area contributed by atoms with Gasteiger partial charge in [-0.2, -0.15) is 5.10 Å². The maximum absolute atomic E-state index is 11.4. The van der Waals surface area contributed by atoms with E-state index in [1.807, 2.05) is 7.05 Å². The van der Waals surface area contributed by atoms with Gasteiger partial charge in [0.25, 0.3) is 0 Å². The summed E-state index contributed by atoms with van der Waals surface area (Å²) in [6.45, 7) is 2.72. The molecule has 0 atom stereocenters. The molecule has 0 saturated heterocycles. The lowest BCUT2D eigenvalue weighted by molar-refractivity contribution is -0.130. The molecule has 70 valence electrons. The Morgan fingerprint density at radius 3 is 3.08 bits per heavy atom. The summed E-state index contributed by atoms with van der Waals surface area (Å²) in [7, 11) is 1.82. The second-order valence-electron chi connectivity index (χ2n) is 3.41. The smallest absolute Gasteiger partial charge is 0.227 e. The van der Waals surface area contributed by atoms with E-state index in [1.165, 1.54) is 0 Å². The van der Waals surface area contributed by atoms with Gasteiger partial charge in [0, 0.05) is 12.6 Å². The highest BCUT2D eigenvalue weighted by atomic mass is 16.2. The maximum Gasteiger partial charge on any atom is 0.227 e. The summed E-state index contributed by atoms with van der Waals surface area (Å²) < 4.78 is 0. The highest BCUT2D eigenvalue weighted by Gasteiger charge is 2.23. The first-order chi connectivity index (χ1) is 6.22. The van der Waals surface area contributed by atoms with Gasteiger partial charge >= 0.3 is 0 Å². The number of nitrogens with one attached hydrogen (secondary N) is 1. The fourth-order valence-electron chi connectivity index (χ4n) is 1.69. The molecular weight excluding hydrogens is 166 g/mol. The first kappa shape index (κ1) is 8.29. The van der Waals surface area contributed by atoms with Crippen molar-refractivity contribution in [2.45, 2.75) is 26.3 Å². The van der Waals surface area contributed by atoms with Gasteiger partial charge in [0.15, 0.2) is 0 Å². The van der Waals surface area contributed by atoms with Gasteiger partial charge in [-0.25, -0.2) is 0 Å². The molecule has 0 fully saturated rings. The van der Waals surface area contributed by atoms with Crippen LogP contribution in [0, 0.1) is 0 Å². The molecule has 13 heavy (non-hydrogen) atoms. The third-order valence-electron chi connectivity index (χ3n) is 2.52. The Bertz CT molecular complexity index is 343. The number of aryl methyl sites for hydroxylation is 1. The maximum atomic E-state index is 11.4. The van der Waals surface area contributed by atoms with Crippen LogP contribution in [-0.2, 0) is 24.2 Å². The second-order valence-corrected chi connectivity index (χ2v) is 3.41. The summed E-state index contributed by atoms with van der Waals surface area (Å²) in [6, 6.07) is 0. The van der Waals surface area contributed by atoms with E-state index in [1.54, 1.807) is 4.90 Å². The van der Waals surface area contributed by atoms with Crippen molar-refractivity contribution in [3.63, 3.8) is 0 Å². The van der Waals surface area contributed by atoms with Crippen LogP contribution in [-0.4, -0.2) is 28.1 Å². The molecular formula is C9H13N3O. The number of aromatic amines is 1. The Kier molecular flexibility index (Phi) is 1.83. The van der Waals surface area contributed by atoms with Crippen LogP contribution in [0.4, 0.5) is 0 Å². The van der Waals surface area contributed by atoms with Gasteiger partial charge in [-0.3, -0.25) is 9.89 Å². The van der Waals surface area contributed by atoms with Gasteiger partial charge in [0.2, 0.25) is 5.91 Å². The van der Waals surface area contributed by atoms with Crippen LogP contribution in [0.3, 0.4) is 0 Å².